The molecule has 2 saturated heterocycles. The van der Waals surface area contributed by atoms with Crippen molar-refractivity contribution < 1.29 is 9.21 Å². The van der Waals surface area contributed by atoms with Gasteiger partial charge in [-0.05, 0) is 37.3 Å². The number of hydrogen-bond donors (Lipinski definition) is 2. The molecule has 3 aromatic rings. The molecule has 2 N–H and O–H groups in total. The SMILES string of the molecule is Cc1ccc(N/N=C\C=N)c(C(=O)N2CC3CN(c4nc5cc(Cl)ccc5o4)CC3C2)c1. The molecule has 2 unspecified atom stereocenters. The summed E-state index contributed by atoms with van der Waals surface area (Å²) in [5.74, 6) is 0.739. The van der Waals surface area contributed by atoms with Crippen molar-refractivity contribution >= 4 is 52.7 Å². The third-order valence-electron chi connectivity index (χ3n) is 6.12. The second-order valence-corrected chi connectivity index (χ2v) is 8.79. The van der Waals surface area contributed by atoms with Gasteiger partial charge in [0.25, 0.3) is 11.9 Å². The Morgan fingerprint density at radius 2 is 2.00 bits per heavy atom. The number of anilines is 2. The average molecular weight is 451 g/mol. The van der Waals surface area contributed by atoms with E-state index < -0.39 is 0 Å². The van der Waals surface area contributed by atoms with E-state index in [2.05, 4.69) is 20.4 Å². The van der Waals surface area contributed by atoms with Gasteiger partial charge in [-0.1, -0.05) is 23.2 Å². The number of aromatic nitrogens is 1. The van der Waals surface area contributed by atoms with E-state index in [-0.39, 0.29) is 5.91 Å². The summed E-state index contributed by atoms with van der Waals surface area (Å²) in [7, 11) is 0. The molecule has 3 heterocycles. The molecule has 0 radical (unpaired) electrons. The molecule has 2 aromatic carbocycles. The number of benzene rings is 2. The highest BCUT2D eigenvalue weighted by atomic mass is 35.5. The van der Waals surface area contributed by atoms with E-state index in [1.165, 1.54) is 6.21 Å². The Kier molecular flexibility index (Phi) is 5.30. The van der Waals surface area contributed by atoms with Gasteiger partial charge in [0.2, 0.25) is 0 Å². The number of oxazole rings is 1. The van der Waals surface area contributed by atoms with Crippen LogP contribution in [0.1, 0.15) is 15.9 Å². The van der Waals surface area contributed by atoms with Crippen LogP contribution in [-0.4, -0.2) is 54.4 Å². The largest absolute Gasteiger partial charge is 0.423 e. The fraction of sp³-hybridized carbons (Fsp3) is 0.304. The van der Waals surface area contributed by atoms with Crippen LogP contribution in [0.2, 0.25) is 5.02 Å². The molecule has 0 aliphatic carbocycles. The number of amides is 1. The van der Waals surface area contributed by atoms with Crippen LogP contribution < -0.4 is 10.3 Å². The van der Waals surface area contributed by atoms with Gasteiger partial charge in [0.05, 0.1) is 17.5 Å². The maximum absolute atomic E-state index is 13.3. The lowest BCUT2D eigenvalue weighted by Crippen LogP contribution is -2.33. The van der Waals surface area contributed by atoms with Crippen LogP contribution in [0.3, 0.4) is 0 Å². The van der Waals surface area contributed by atoms with Gasteiger partial charge in [0.1, 0.15) is 5.52 Å². The number of carbonyl (C=O) groups is 1. The number of likely N-dealkylation sites (tertiary alicyclic amines) is 1. The number of hydrazone groups is 1. The smallest absolute Gasteiger partial charge is 0.298 e. The van der Waals surface area contributed by atoms with Crippen molar-refractivity contribution in [2.75, 3.05) is 36.5 Å². The van der Waals surface area contributed by atoms with E-state index in [1.807, 2.05) is 36.1 Å². The molecule has 8 nitrogen and oxygen atoms in total. The van der Waals surface area contributed by atoms with E-state index in [9.17, 15) is 4.79 Å². The Labute approximate surface area is 190 Å². The van der Waals surface area contributed by atoms with Gasteiger partial charge >= 0.3 is 0 Å². The highest BCUT2D eigenvalue weighted by molar-refractivity contribution is 6.31. The van der Waals surface area contributed by atoms with Gasteiger partial charge < -0.3 is 19.6 Å². The fourth-order valence-corrected chi connectivity index (χ4v) is 4.75. The monoisotopic (exact) mass is 450 g/mol. The van der Waals surface area contributed by atoms with E-state index >= 15 is 0 Å². The fourth-order valence-electron chi connectivity index (χ4n) is 4.59. The first-order valence-electron chi connectivity index (χ1n) is 10.5. The molecule has 9 heteroatoms. The van der Waals surface area contributed by atoms with Crippen LogP contribution >= 0.6 is 11.6 Å². The van der Waals surface area contributed by atoms with Crippen molar-refractivity contribution in [1.82, 2.24) is 9.88 Å². The minimum absolute atomic E-state index is 0.00120. The zero-order chi connectivity index (χ0) is 22.2. The predicted molar refractivity (Wildman–Crippen MR) is 126 cm³/mol. The second-order valence-electron chi connectivity index (χ2n) is 8.35. The zero-order valence-electron chi connectivity index (χ0n) is 17.6. The summed E-state index contributed by atoms with van der Waals surface area (Å²) in [6.07, 6.45) is 2.42. The number of hydrogen-bond acceptors (Lipinski definition) is 7. The van der Waals surface area contributed by atoms with Crippen LogP contribution in [0, 0.1) is 24.2 Å². The van der Waals surface area contributed by atoms with Crippen LogP contribution in [0.4, 0.5) is 11.7 Å². The minimum Gasteiger partial charge on any atom is -0.423 e. The summed E-state index contributed by atoms with van der Waals surface area (Å²) in [6.45, 7) is 4.97. The van der Waals surface area contributed by atoms with Gasteiger partial charge in [-0.3, -0.25) is 10.2 Å². The number of nitrogens with one attached hydrogen (secondary N) is 2. The molecular formula is C23H23ClN6O2. The molecule has 164 valence electrons. The highest BCUT2D eigenvalue weighted by Crippen LogP contribution is 2.36. The number of carbonyl (C=O) groups excluding carboxylic acids is 1. The molecule has 0 bridgehead atoms. The Morgan fingerprint density at radius 1 is 1.22 bits per heavy atom. The molecule has 1 aromatic heterocycles. The van der Waals surface area contributed by atoms with Crippen molar-refractivity contribution in [2.24, 2.45) is 16.9 Å². The maximum atomic E-state index is 13.3. The van der Waals surface area contributed by atoms with Crippen LogP contribution in [0.15, 0.2) is 45.9 Å². The summed E-state index contributed by atoms with van der Waals surface area (Å²) < 4.78 is 5.93. The lowest BCUT2D eigenvalue weighted by Gasteiger charge is -2.22. The van der Waals surface area contributed by atoms with Crippen LogP contribution in [0.5, 0.6) is 0 Å². The lowest BCUT2D eigenvalue weighted by molar-refractivity contribution is 0.0783. The topological polar surface area (TPSA) is 97.8 Å². The number of nitrogens with zero attached hydrogens (tertiary/aromatic N) is 4. The Bertz CT molecular complexity index is 1210. The van der Waals surface area contributed by atoms with Gasteiger partial charge in [-0.2, -0.15) is 10.1 Å². The normalized spacial score (nSPS) is 20.3. The van der Waals surface area contributed by atoms with Crippen molar-refractivity contribution in [3.05, 3.63) is 52.5 Å². The highest BCUT2D eigenvalue weighted by Gasteiger charge is 2.43. The quantitative estimate of drug-likeness (QED) is 0.451. The summed E-state index contributed by atoms with van der Waals surface area (Å²) in [6, 6.07) is 11.7. The maximum Gasteiger partial charge on any atom is 0.298 e. The molecule has 2 aliphatic rings. The lowest BCUT2D eigenvalue weighted by atomic mass is 10.0. The third-order valence-corrected chi connectivity index (χ3v) is 6.36. The first-order chi connectivity index (χ1) is 15.5. The number of fused-ring (bicyclic) bond motifs is 2. The molecule has 5 rings (SSSR count). The zero-order valence-corrected chi connectivity index (χ0v) is 18.3. The predicted octanol–water partition coefficient (Wildman–Crippen LogP) is 4.05. The molecule has 2 aliphatic heterocycles. The summed E-state index contributed by atoms with van der Waals surface area (Å²) >= 11 is 6.06. The second kappa shape index (κ2) is 8.27. The van der Waals surface area contributed by atoms with Gasteiger partial charge in [0.15, 0.2) is 5.58 Å². The summed E-state index contributed by atoms with van der Waals surface area (Å²) in [5, 5.41) is 11.7. The molecular weight excluding hydrogens is 428 g/mol. The molecule has 2 fully saturated rings. The van der Waals surface area contributed by atoms with Crippen molar-refractivity contribution in [1.29, 1.82) is 5.41 Å². The first-order valence-corrected chi connectivity index (χ1v) is 10.9. The van der Waals surface area contributed by atoms with Gasteiger partial charge in [0, 0.05) is 49.3 Å². The van der Waals surface area contributed by atoms with Crippen LogP contribution in [-0.2, 0) is 0 Å². The third kappa shape index (κ3) is 3.82. The Morgan fingerprint density at radius 3 is 2.75 bits per heavy atom. The number of halogens is 1. The molecule has 0 saturated carbocycles. The number of aryl methyl sites for hydroxylation is 1. The number of rotatable bonds is 5. The summed E-state index contributed by atoms with van der Waals surface area (Å²) in [4.78, 5) is 22.0. The van der Waals surface area contributed by atoms with E-state index in [0.29, 0.717) is 47.2 Å². The van der Waals surface area contributed by atoms with E-state index in [1.54, 1.807) is 12.1 Å². The summed E-state index contributed by atoms with van der Waals surface area (Å²) in [5.41, 5.74) is 6.60. The Balaban J connectivity index is 1.29. The first kappa shape index (κ1) is 20.5. The van der Waals surface area contributed by atoms with E-state index in [0.717, 1.165) is 36.0 Å². The van der Waals surface area contributed by atoms with Gasteiger partial charge in [-0.15, -0.1) is 0 Å². The Hall–Kier alpha value is -3.39. The standard InChI is InChI=1S/C23H23ClN6O2/c1-14-2-4-19(28-26-7-6-25)18(8-14)22(31)29-10-15-12-30(13-16(15)11-29)23-27-20-9-17(24)3-5-21(20)32-23/h2-9,15-16,25,28H,10-13H2,1H3/b25-6?,26-7-. The van der Waals surface area contributed by atoms with Crippen LogP contribution in [0.25, 0.3) is 11.1 Å². The van der Waals surface area contributed by atoms with Crippen molar-refractivity contribution in [3.63, 3.8) is 0 Å². The average Bonchev–Trinajstić information content (AvgIpc) is 3.46. The van der Waals surface area contributed by atoms with Gasteiger partial charge in [-0.25, -0.2) is 0 Å². The minimum atomic E-state index is -0.00120. The molecule has 0 spiro atoms. The molecule has 32 heavy (non-hydrogen) atoms. The van der Waals surface area contributed by atoms with E-state index in [4.69, 9.17) is 21.4 Å². The molecule has 2 atom stereocenters. The van der Waals surface area contributed by atoms with Crippen molar-refractivity contribution in [3.8, 4) is 0 Å². The molecule has 1 amide bonds. The van der Waals surface area contributed by atoms with Crippen molar-refractivity contribution in [2.45, 2.75) is 6.92 Å².